The highest BCUT2D eigenvalue weighted by Gasteiger charge is 2.53. The van der Waals surface area contributed by atoms with Gasteiger partial charge in [0.15, 0.2) is 11.6 Å². The summed E-state index contributed by atoms with van der Waals surface area (Å²) < 4.78 is 29.8. The monoisotopic (exact) mass is 930 g/mol. The van der Waals surface area contributed by atoms with Crippen LogP contribution >= 0.6 is 0 Å². The minimum Gasteiger partial charge on any atom is -0.460 e. The van der Waals surface area contributed by atoms with Crippen molar-refractivity contribution in [1.82, 2.24) is 4.90 Å². The molecule has 14 heteroatoms. The van der Waals surface area contributed by atoms with Gasteiger partial charge in [-0.25, -0.2) is 4.79 Å². The number of esters is 1. The number of ketones is 2. The Balaban J connectivity index is 1.72. The number of Topliss-reactive ketones (excluding diaryl/α,β-unsaturated/α-hetero) is 2. The molecule has 4 rings (SSSR count). The first kappa shape index (κ1) is 55.5. The third-order valence-electron chi connectivity index (χ3n) is 15.0. The Kier molecular flexibility index (Phi) is 21.9. The molecule has 1 amide bonds. The van der Waals surface area contributed by atoms with Gasteiger partial charge < -0.3 is 49.0 Å². The van der Waals surface area contributed by atoms with E-state index in [0.29, 0.717) is 69.8 Å². The summed E-state index contributed by atoms with van der Waals surface area (Å²) >= 11 is 0. The minimum atomic E-state index is -2.03. The van der Waals surface area contributed by atoms with E-state index in [2.05, 4.69) is 0 Å². The van der Waals surface area contributed by atoms with Crippen molar-refractivity contribution in [2.75, 3.05) is 34.5 Å². The summed E-state index contributed by atoms with van der Waals surface area (Å²) in [4.78, 5) is 58.4. The molecule has 14 nitrogen and oxygen atoms in total. The first-order chi connectivity index (χ1) is 31.3. The number of carbonyl (C=O) groups excluding carboxylic acids is 4. The number of methoxy groups -OCH3 is 3. The Bertz CT molecular complexity index is 1730. The number of nitrogens with zero attached hydrogens (tertiary/aromatic N) is 1. The zero-order valence-electron chi connectivity index (χ0n) is 41.4. The van der Waals surface area contributed by atoms with Crippen molar-refractivity contribution >= 4 is 23.4 Å². The van der Waals surface area contributed by atoms with Crippen LogP contribution in [0.1, 0.15) is 126 Å². The normalized spacial score (nSPS) is 41.1. The molecule has 3 aliphatic heterocycles. The van der Waals surface area contributed by atoms with Crippen LogP contribution in [-0.2, 0) is 42.9 Å². The number of aliphatic hydroxyl groups is 4. The maximum absolute atomic E-state index is 14.7. The summed E-state index contributed by atoms with van der Waals surface area (Å²) in [7, 11) is 4.57. The summed E-state index contributed by atoms with van der Waals surface area (Å²) in [5.41, 5.74) is 1.32. The molecule has 3 heterocycles. The number of carbonyl (C=O) groups is 4. The topological polar surface area (TPSA) is 199 Å². The number of amides is 1. The summed E-state index contributed by atoms with van der Waals surface area (Å²) in [6.45, 7) is 12.4. The lowest BCUT2D eigenvalue weighted by molar-refractivity contribution is -0.309. The van der Waals surface area contributed by atoms with E-state index < -0.39 is 84.5 Å². The molecule has 2 bridgehead atoms. The van der Waals surface area contributed by atoms with Crippen molar-refractivity contribution in [2.45, 2.75) is 180 Å². The van der Waals surface area contributed by atoms with Gasteiger partial charge in [-0.05, 0) is 107 Å². The predicted octanol–water partition coefficient (Wildman–Crippen LogP) is 6.22. The van der Waals surface area contributed by atoms with Gasteiger partial charge in [-0.3, -0.25) is 14.4 Å². The number of fused-ring (bicyclic) bond motifs is 3. The van der Waals surface area contributed by atoms with Gasteiger partial charge in [-0.1, -0.05) is 71.1 Å². The van der Waals surface area contributed by atoms with Gasteiger partial charge in [0.05, 0.1) is 31.0 Å². The molecule has 374 valence electrons. The molecule has 1 saturated carbocycles. The van der Waals surface area contributed by atoms with Gasteiger partial charge in [-0.2, -0.15) is 0 Å². The summed E-state index contributed by atoms with van der Waals surface area (Å²) in [5.74, 6) is -7.01. The molecular weight excluding hydrogens is 847 g/mol. The summed E-state index contributed by atoms with van der Waals surface area (Å²) in [5, 5.41) is 45.1. The van der Waals surface area contributed by atoms with Crippen LogP contribution in [0.25, 0.3) is 0 Å². The largest absolute Gasteiger partial charge is 0.460 e. The second kappa shape index (κ2) is 26.1. The molecule has 0 aromatic rings. The number of piperidine rings is 1. The maximum Gasteiger partial charge on any atom is 0.329 e. The van der Waals surface area contributed by atoms with Gasteiger partial charge in [0.1, 0.15) is 36.1 Å². The molecule has 4 N–H and O–H groups in total. The molecule has 0 spiro atoms. The Labute approximate surface area is 394 Å². The quantitative estimate of drug-likeness (QED) is 0.166. The number of aliphatic hydroxyl groups excluding tert-OH is 3. The van der Waals surface area contributed by atoms with Gasteiger partial charge in [-0.15, -0.1) is 0 Å². The first-order valence-electron chi connectivity index (χ1n) is 24.5. The molecule has 4 aliphatic rings. The second-order valence-electron chi connectivity index (χ2n) is 20.1. The molecule has 0 aromatic heterocycles. The van der Waals surface area contributed by atoms with Crippen molar-refractivity contribution in [3.8, 4) is 0 Å². The molecule has 1 aliphatic carbocycles. The van der Waals surface area contributed by atoms with Gasteiger partial charge in [0.2, 0.25) is 5.91 Å². The van der Waals surface area contributed by atoms with E-state index in [1.807, 2.05) is 58.1 Å². The minimum absolute atomic E-state index is 0.0286. The average molecular weight is 930 g/mol. The van der Waals surface area contributed by atoms with E-state index in [4.69, 9.17) is 23.7 Å². The maximum atomic E-state index is 14.7. The third kappa shape index (κ3) is 14.5. The molecular formula is C52H83NO13. The number of hydrogen-bond donors (Lipinski definition) is 4. The molecule has 2 saturated heterocycles. The van der Waals surface area contributed by atoms with E-state index in [-0.39, 0.29) is 54.5 Å². The fraction of sp³-hybridized carbons (Fsp3) is 0.769. The number of hydrogen-bond acceptors (Lipinski definition) is 13. The molecule has 2 unspecified atom stereocenters. The number of ether oxygens (including phenoxy) is 5. The van der Waals surface area contributed by atoms with E-state index in [9.17, 15) is 39.6 Å². The van der Waals surface area contributed by atoms with Crippen LogP contribution in [0.5, 0.6) is 0 Å². The standard InChI is InChI=1S/C52H83NO13/c1-31-16-12-11-13-17-32(2)44(62-8)28-39-21-19-37(7)52(61,66-39)40(30-54)50(59)53-23-15-14-18-41(53)51(60)65-45(34(4)26-38-20-22-42(55)46(27-38)63-9)29-43(56)33(3)25-36(6)48(58)49(64-10)47(57)35(5)24-31/h11-13,16-17,25,31,33-35,37-42,44-46,48-49,54-55,58,61H,14-15,18-24,26-30H2,1-10H3/b13-11+,16-12+,32-17+,36-25+/t31-,33-,34-,35-,37-,38+,39+,40?,41?,42-,44+,45+,46-,48-,49+,52-/m1/s1. The lowest BCUT2D eigenvalue weighted by atomic mass is 9.78. The third-order valence-corrected chi connectivity index (χ3v) is 15.0. The van der Waals surface area contributed by atoms with Gasteiger partial charge in [0.25, 0.3) is 0 Å². The zero-order chi connectivity index (χ0) is 48.9. The lowest BCUT2D eigenvalue weighted by Crippen LogP contribution is -2.61. The average Bonchev–Trinajstić information content (AvgIpc) is 3.29. The zero-order valence-corrected chi connectivity index (χ0v) is 41.4. The van der Waals surface area contributed by atoms with Crippen molar-refractivity contribution in [1.29, 1.82) is 0 Å². The van der Waals surface area contributed by atoms with Crippen molar-refractivity contribution in [3.05, 3.63) is 47.6 Å². The van der Waals surface area contributed by atoms with Crippen LogP contribution in [0.4, 0.5) is 0 Å². The highest BCUT2D eigenvalue weighted by Crippen LogP contribution is 2.41. The summed E-state index contributed by atoms with van der Waals surface area (Å²) in [6, 6.07) is -1.03. The van der Waals surface area contributed by atoms with E-state index in [1.54, 1.807) is 41.1 Å². The van der Waals surface area contributed by atoms with Crippen molar-refractivity contribution in [2.24, 2.45) is 41.4 Å². The van der Waals surface area contributed by atoms with Crippen molar-refractivity contribution < 1.29 is 63.3 Å². The van der Waals surface area contributed by atoms with Gasteiger partial charge in [0, 0.05) is 58.5 Å². The first-order valence-corrected chi connectivity index (χ1v) is 24.5. The highest BCUT2D eigenvalue weighted by atomic mass is 16.6. The smallest absolute Gasteiger partial charge is 0.329 e. The van der Waals surface area contributed by atoms with E-state index in [0.717, 1.165) is 12.0 Å². The number of rotatable bonds is 7. The van der Waals surface area contributed by atoms with Crippen LogP contribution in [-0.4, -0.2) is 138 Å². The molecule has 66 heavy (non-hydrogen) atoms. The Morgan fingerprint density at radius 3 is 2.26 bits per heavy atom. The summed E-state index contributed by atoms with van der Waals surface area (Å²) in [6.07, 6.45) is 12.1. The van der Waals surface area contributed by atoms with E-state index in [1.165, 1.54) is 12.0 Å². The van der Waals surface area contributed by atoms with E-state index >= 15 is 0 Å². The Hall–Kier alpha value is -3.08. The van der Waals surface area contributed by atoms with Gasteiger partial charge >= 0.3 is 5.97 Å². The molecule has 3 fully saturated rings. The van der Waals surface area contributed by atoms with Crippen LogP contribution in [0.15, 0.2) is 47.6 Å². The number of allylic oxidation sites excluding steroid dienone is 6. The fourth-order valence-electron chi connectivity index (χ4n) is 10.6. The molecule has 0 aromatic carbocycles. The number of cyclic esters (lactones) is 1. The van der Waals surface area contributed by atoms with Crippen LogP contribution in [0.2, 0.25) is 0 Å². The molecule has 16 atom stereocenters. The Morgan fingerprint density at radius 1 is 0.864 bits per heavy atom. The Morgan fingerprint density at radius 2 is 1.59 bits per heavy atom. The molecule has 0 radical (unpaired) electrons. The van der Waals surface area contributed by atoms with Crippen LogP contribution < -0.4 is 0 Å². The van der Waals surface area contributed by atoms with Crippen LogP contribution in [0, 0.1) is 41.4 Å². The SMILES string of the molecule is CO[C@H]1C[C@@H]2CC[C@@H](C)[C@@](O)(O2)C(CO)C(=O)N2CCCCC2C(=O)O[C@H]([C@H](C)C[C@@H]2CC[C@@H](O)[C@H](OC)C2)CC(=O)[C@H](C)/C=C(\C)[C@@H](O)[C@@H](OC)C(=O)[C@H](C)C[C@H](C)/C=C/C=C/C=C/1C. The van der Waals surface area contributed by atoms with Crippen molar-refractivity contribution in [3.63, 3.8) is 0 Å². The fourth-order valence-corrected chi connectivity index (χ4v) is 10.6. The highest BCUT2D eigenvalue weighted by molar-refractivity contribution is 5.88. The lowest BCUT2D eigenvalue weighted by Gasteiger charge is -2.47. The predicted molar refractivity (Wildman–Crippen MR) is 251 cm³/mol. The second-order valence-corrected chi connectivity index (χ2v) is 20.1. The van der Waals surface area contributed by atoms with Crippen LogP contribution in [0.3, 0.4) is 0 Å².